The zero-order valence-electron chi connectivity index (χ0n) is 8.96. The molecule has 80 valence electrons. The molecule has 0 aromatic rings. The smallest absolute Gasteiger partial charge is 0.0961 e. The number of ether oxygens (including phenoxy) is 1. The Bertz CT molecular complexity index is 211. The Labute approximate surface area is 85.9 Å². The molecule has 2 atom stereocenters. The SMILES string of the molecule is CC(C1CCCCO1)N1CCCC1=N. The number of likely N-dealkylation sites (tertiary alicyclic amines) is 1. The molecular weight excluding hydrogens is 176 g/mol. The van der Waals surface area contributed by atoms with E-state index in [1.54, 1.807) is 0 Å². The van der Waals surface area contributed by atoms with Gasteiger partial charge in [-0.25, -0.2) is 0 Å². The van der Waals surface area contributed by atoms with Crippen molar-refractivity contribution in [3.8, 4) is 0 Å². The second-order valence-corrected chi connectivity index (χ2v) is 4.39. The number of hydrogen-bond acceptors (Lipinski definition) is 2. The van der Waals surface area contributed by atoms with Gasteiger partial charge in [-0.1, -0.05) is 0 Å². The van der Waals surface area contributed by atoms with Crippen LogP contribution in [0.15, 0.2) is 0 Å². The Balaban J connectivity index is 1.92. The zero-order chi connectivity index (χ0) is 9.97. The minimum absolute atomic E-state index is 0.363. The maximum Gasteiger partial charge on any atom is 0.0961 e. The van der Waals surface area contributed by atoms with Gasteiger partial charge in [-0.15, -0.1) is 0 Å². The molecule has 2 fully saturated rings. The predicted octanol–water partition coefficient (Wildman–Crippen LogP) is 2.02. The summed E-state index contributed by atoms with van der Waals surface area (Å²) in [6.07, 6.45) is 6.14. The van der Waals surface area contributed by atoms with E-state index in [1.165, 1.54) is 19.3 Å². The lowest BCUT2D eigenvalue weighted by molar-refractivity contribution is -0.0206. The van der Waals surface area contributed by atoms with Crippen molar-refractivity contribution in [2.45, 2.75) is 51.2 Å². The summed E-state index contributed by atoms with van der Waals surface area (Å²) >= 11 is 0. The third-order valence-electron chi connectivity index (χ3n) is 3.40. The molecule has 0 bridgehead atoms. The van der Waals surface area contributed by atoms with E-state index in [0.29, 0.717) is 12.1 Å². The van der Waals surface area contributed by atoms with Crippen molar-refractivity contribution in [1.29, 1.82) is 5.41 Å². The molecule has 2 saturated heterocycles. The van der Waals surface area contributed by atoms with E-state index in [-0.39, 0.29) is 0 Å². The third-order valence-corrected chi connectivity index (χ3v) is 3.40. The topological polar surface area (TPSA) is 36.3 Å². The number of nitrogens with one attached hydrogen (secondary N) is 1. The van der Waals surface area contributed by atoms with Crippen LogP contribution in [0.1, 0.15) is 39.0 Å². The summed E-state index contributed by atoms with van der Waals surface area (Å²) in [5, 5.41) is 7.83. The van der Waals surface area contributed by atoms with Crippen LogP contribution < -0.4 is 0 Å². The van der Waals surface area contributed by atoms with E-state index >= 15 is 0 Å². The van der Waals surface area contributed by atoms with Crippen molar-refractivity contribution in [2.24, 2.45) is 0 Å². The highest BCUT2D eigenvalue weighted by atomic mass is 16.5. The van der Waals surface area contributed by atoms with Gasteiger partial charge in [0.15, 0.2) is 0 Å². The lowest BCUT2D eigenvalue weighted by Gasteiger charge is -2.35. The Morgan fingerprint density at radius 3 is 2.86 bits per heavy atom. The Kier molecular flexibility index (Phi) is 3.06. The first-order valence-electron chi connectivity index (χ1n) is 5.74. The van der Waals surface area contributed by atoms with Crippen molar-refractivity contribution < 1.29 is 4.74 Å². The van der Waals surface area contributed by atoms with Gasteiger partial charge < -0.3 is 9.64 Å². The molecule has 0 aromatic carbocycles. The van der Waals surface area contributed by atoms with E-state index in [0.717, 1.165) is 31.8 Å². The molecule has 3 heteroatoms. The molecule has 3 nitrogen and oxygen atoms in total. The monoisotopic (exact) mass is 196 g/mol. The molecule has 0 spiro atoms. The summed E-state index contributed by atoms with van der Waals surface area (Å²) in [6, 6.07) is 0.408. The Morgan fingerprint density at radius 1 is 1.43 bits per heavy atom. The van der Waals surface area contributed by atoms with Gasteiger partial charge in [-0.2, -0.15) is 0 Å². The first-order chi connectivity index (χ1) is 6.79. The molecule has 0 radical (unpaired) electrons. The number of rotatable bonds is 2. The third kappa shape index (κ3) is 1.92. The van der Waals surface area contributed by atoms with Gasteiger partial charge >= 0.3 is 0 Å². The standard InChI is InChI=1S/C11H20N2O/c1-9(10-5-2-3-8-14-10)13-7-4-6-11(13)12/h9-10,12H,2-8H2,1H3. The lowest BCUT2D eigenvalue weighted by atomic mass is 10.0. The van der Waals surface area contributed by atoms with Gasteiger partial charge in [0.25, 0.3) is 0 Å². The Morgan fingerprint density at radius 2 is 2.29 bits per heavy atom. The van der Waals surface area contributed by atoms with E-state index in [9.17, 15) is 0 Å². The summed E-state index contributed by atoms with van der Waals surface area (Å²) in [6.45, 7) is 4.17. The lowest BCUT2D eigenvalue weighted by Crippen LogP contribution is -2.44. The van der Waals surface area contributed by atoms with E-state index in [4.69, 9.17) is 10.1 Å². The van der Waals surface area contributed by atoms with Crippen molar-refractivity contribution >= 4 is 5.84 Å². The fourth-order valence-corrected chi connectivity index (χ4v) is 2.49. The van der Waals surface area contributed by atoms with Gasteiger partial charge in [-0.3, -0.25) is 5.41 Å². The second-order valence-electron chi connectivity index (χ2n) is 4.39. The van der Waals surface area contributed by atoms with Gasteiger partial charge in [0.2, 0.25) is 0 Å². The van der Waals surface area contributed by atoms with Crippen molar-refractivity contribution in [1.82, 2.24) is 4.90 Å². The molecule has 2 rings (SSSR count). The Hall–Kier alpha value is -0.570. The molecule has 2 aliphatic rings. The molecule has 2 heterocycles. The van der Waals surface area contributed by atoms with Gasteiger partial charge in [0.05, 0.1) is 18.0 Å². The summed E-state index contributed by atoms with van der Waals surface area (Å²) in [7, 11) is 0. The summed E-state index contributed by atoms with van der Waals surface area (Å²) in [4.78, 5) is 2.22. The largest absolute Gasteiger partial charge is 0.376 e. The van der Waals surface area contributed by atoms with Crippen LogP contribution in [0.3, 0.4) is 0 Å². The summed E-state index contributed by atoms with van der Waals surface area (Å²) in [5.41, 5.74) is 0. The normalized spacial score (nSPS) is 30.8. The maximum atomic E-state index is 7.83. The fraction of sp³-hybridized carbons (Fsp3) is 0.909. The summed E-state index contributed by atoms with van der Waals surface area (Å²) < 4.78 is 5.76. The molecule has 0 aliphatic carbocycles. The van der Waals surface area contributed by atoms with Crippen LogP contribution in [0.5, 0.6) is 0 Å². The minimum Gasteiger partial charge on any atom is -0.376 e. The zero-order valence-corrected chi connectivity index (χ0v) is 8.96. The molecule has 0 aromatic heterocycles. The molecule has 2 unspecified atom stereocenters. The first-order valence-corrected chi connectivity index (χ1v) is 5.74. The van der Waals surface area contributed by atoms with Crippen LogP contribution in [0.4, 0.5) is 0 Å². The molecule has 14 heavy (non-hydrogen) atoms. The van der Waals surface area contributed by atoms with Crippen LogP contribution in [-0.4, -0.2) is 36.0 Å². The average molecular weight is 196 g/mol. The van der Waals surface area contributed by atoms with Crippen molar-refractivity contribution in [3.05, 3.63) is 0 Å². The highest BCUT2D eigenvalue weighted by Gasteiger charge is 2.29. The second kappa shape index (κ2) is 4.30. The number of nitrogens with zero attached hydrogens (tertiary/aromatic N) is 1. The van der Waals surface area contributed by atoms with Crippen LogP contribution in [0.2, 0.25) is 0 Å². The van der Waals surface area contributed by atoms with E-state index < -0.39 is 0 Å². The van der Waals surface area contributed by atoms with Crippen LogP contribution >= 0.6 is 0 Å². The minimum atomic E-state index is 0.363. The fourth-order valence-electron chi connectivity index (χ4n) is 2.49. The van der Waals surface area contributed by atoms with E-state index in [2.05, 4.69) is 11.8 Å². The van der Waals surface area contributed by atoms with Crippen LogP contribution in [0, 0.1) is 5.41 Å². The van der Waals surface area contributed by atoms with Crippen molar-refractivity contribution in [3.63, 3.8) is 0 Å². The predicted molar refractivity (Wildman–Crippen MR) is 56.7 cm³/mol. The average Bonchev–Trinajstić information content (AvgIpc) is 2.65. The molecule has 0 amide bonds. The maximum absolute atomic E-state index is 7.83. The van der Waals surface area contributed by atoms with Crippen LogP contribution in [-0.2, 0) is 4.74 Å². The van der Waals surface area contributed by atoms with Gasteiger partial charge in [-0.05, 0) is 32.6 Å². The molecular formula is C11H20N2O. The molecule has 2 aliphatic heterocycles. The number of hydrogen-bond donors (Lipinski definition) is 1. The van der Waals surface area contributed by atoms with Crippen molar-refractivity contribution in [2.75, 3.05) is 13.2 Å². The quantitative estimate of drug-likeness (QED) is 0.733. The highest BCUT2D eigenvalue weighted by molar-refractivity contribution is 5.81. The first kappa shape index (κ1) is 9.97. The number of amidine groups is 1. The molecule has 0 saturated carbocycles. The van der Waals surface area contributed by atoms with Crippen LogP contribution in [0.25, 0.3) is 0 Å². The van der Waals surface area contributed by atoms with Gasteiger partial charge in [0.1, 0.15) is 0 Å². The van der Waals surface area contributed by atoms with E-state index in [1.807, 2.05) is 0 Å². The highest BCUT2D eigenvalue weighted by Crippen LogP contribution is 2.23. The summed E-state index contributed by atoms with van der Waals surface area (Å²) in [5.74, 6) is 0.812. The van der Waals surface area contributed by atoms with Gasteiger partial charge in [0, 0.05) is 19.6 Å². The molecule has 1 N–H and O–H groups in total.